The van der Waals surface area contributed by atoms with Gasteiger partial charge in [0.25, 0.3) is 0 Å². The van der Waals surface area contributed by atoms with Crippen molar-refractivity contribution in [1.82, 2.24) is 10.3 Å². The van der Waals surface area contributed by atoms with E-state index in [0.29, 0.717) is 22.8 Å². The fourth-order valence-electron chi connectivity index (χ4n) is 2.88. The van der Waals surface area contributed by atoms with Crippen LogP contribution in [-0.4, -0.2) is 16.4 Å². The van der Waals surface area contributed by atoms with E-state index in [4.69, 9.17) is 10.4 Å². The van der Waals surface area contributed by atoms with Crippen molar-refractivity contribution in [3.05, 3.63) is 47.5 Å². The predicted molar refractivity (Wildman–Crippen MR) is 77.5 cm³/mol. The van der Waals surface area contributed by atoms with Gasteiger partial charge in [-0.25, -0.2) is 4.63 Å². The van der Waals surface area contributed by atoms with Crippen molar-refractivity contribution < 1.29 is 4.63 Å². The van der Waals surface area contributed by atoms with Gasteiger partial charge in [-0.1, -0.05) is 24.3 Å². The number of rotatable bonds is 2. The first-order valence-corrected chi connectivity index (χ1v) is 6.65. The topological polar surface area (TPSA) is 77.0 Å². The molecule has 1 aliphatic carbocycles. The van der Waals surface area contributed by atoms with Gasteiger partial charge in [-0.15, -0.1) is 0 Å². The molecule has 1 heterocycles. The fourth-order valence-corrected chi connectivity index (χ4v) is 2.88. The summed E-state index contributed by atoms with van der Waals surface area (Å²) in [7, 11) is 0. The maximum absolute atomic E-state index is 5.86. The summed E-state index contributed by atoms with van der Waals surface area (Å²) in [5, 5.41) is 11.3. The molecule has 0 radical (unpaired) electrons. The Morgan fingerprint density at radius 2 is 1.70 bits per heavy atom. The van der Waals surface area contributed by atoms with Crippen LogP contribution >= 0.6 is 0 Å². The highest BCUT2D eigenvalue weighted by Gasteiger charge is 2.22. The molecule has 3 aromatic rings. The zero-order chi connectivity index (χ0) is 13.5. The minimum Gasteiger partial charge on any atom is -0.397 e. The molecule has 1 aromatic heterocycles. The first kappa shape index (κ1) is 11.3. The highest BCUT2D eigenvalue weighted by molar-refractivity contribution is 5.95. The minimum atomic E-state index is 0.371. The van der Waals surface area contributed by atoms with Crippen LogP contribution in [0.1, 0.15) is 11.1 Å². The van der Waals surface area contributed by atoms with Crippen LogP contribution in [0.15, 0.2) is 41.0 Å². The van der Waals surface area contributed by atoms with E-state index in [9.17, 15) is 0 Å². The zero-order valence-corrected chi connectivity index (χ0v) is 10.8. The Labute approximate surface area is 115 Å². The number of benzene rings is 2. The number of nitrogens with zero attached hydrogens (tertiary/aromatic N) is 2. The summed E-state index contributed by atoms with van der Waals surface area (Å²) >= 11 is 0. The predicted octanol–water partition coefficient (Wildman–Crippen LogP) is 2.38. The lowest BCUT2D eigenvalue weighted by atomic mass is 10.1. The molecule has 0 fully saturated rings. The van der Waals surface area contributed by atoms with Gasteiger partial charge in [0.2, 0.25) is 0 Å². The number of nitrogens with one attached hydrogen (secondary N) is 1. The average molecular weight is 266 g/mol. The van der Waals surface area contributed by atoms with Crippen molar-refractivity contribution in [2.45, 2.75) is 18.9 Å². The summed E-state index contributed by atoms with van der Waals surface area (Å²) in [4.78, 5) is 0. The number of hydrogen-bond acceptors (Lipinski definition) is 5. The van der Waals surface area contributed by atoms with E-state index in [1.165, 1.54) is 11.1 Å². The van der Waals surface area contributed by atoms with Gasteiger partial charge in [0.15, 0.2) is 11.0 Å². The fraction of sp³-hybridized carbons (Fsp3) is 0.200. The number of fused-ring (bicyclic) bond motifs is 2. The van der Waals surface area contributed by atoms with Crippen LogP contribution in [0.25, 0.3) is 11.0 Å². The normalized spacial score (nSPS) is 14.6. The second kappa shape index (κ2) is 4.23. The van der Waals surface area contributed by atoms with Crippen LogP contribution in [0.4, 0.5) is 11.4 Å². The Morgan fingerprint density at radius 1 is 1.00 bits per heavy atom. The summed E-state index contributed by atoms with van der Waals surface area (Å²) in [5.41, 5.74) is 11.5. The smallest absolute Gasteiger partial charge is 0.160 e. The molecule has 100 valence electrons. The molecule has 0 saturated carbocycles. The van der Waals surface area contributed by atoms with Gasteiger partial charge in [0.1, 0.15) is 0 Å². The van der Waals surface area contributed by atoms with Crippen molar-refractivity contribution in [1.29, 1.82) is 0 Å². The summed E-state index contributed by atoms with van der Waals surface area (Å²) in [6.07, 6.45) is 2.04. The van der Waals surface area contributed by atoms with E-state index in [1.54, 1.807) is 0 Å². The third-order valence-electron chi connectivity index (χ3n) is 3.86. The molecule has 0 amide bonds. The molecule has 3 N–H and O–H groups in total. The molecule has 4 rings (SSSR count). The monoisotopic (exact) mass is 266 g/mol. The van der Waals surface area contributed by atoms with E-state index in [0.717, 1.165) is 18.5 Å². The molecule has 1 aliphatic rings. The molecule has 0 saturated heterocycles. The summed E-state index contributed by atoms with van der Waals surface area (Å²) in [6.45, 7) is 0. The second-order valence-corrected chi connectivity index (χ2v) is 5.18. The van der Waals surface area contributed by atoms with Gasteiger partial charge in [0, 0.05) is 6.04 Å². The molecule has 20 heavy (non-hydrogen) atoms. The zero-order valence-electron chi connectivity index (χ0n) is 10.8. The van der Waals surface area contributed by atoms with Gasteiger partial charge in [-0.2, -0.15) is 0 Å². The first-order valence-electron chi connectivity index (χ1n) is 6.65. The van der Waals surface area contributed by atoms with E-state index in [1.807, 2.05) is 12.1 Å². The van der Waals surface area contributed by atoms with Crippen LogP contribution in [0.3, 0.4) is 0 Å². The van der Waals surface area contributed by atoms with E-state index < -0.39 is 0 Å². The molecule has 0 aliphatic heterocycles. The number of anilines is 2. The first-order chi connectivity index (χ1) is 9.81. The third-order valence-corrected chi connectivity index (χ3v) is 3.86. The number of aromatic nitrogens is 2. The molecule has 5 nitrogen and oxygen atoms in total. The van der Waals surface area contributed by atoms with Gasteiger partial charge < -0.3 is 11.1 Å². The lowest BCUT2D eigenvalue weighted by molar-refractivity contribution is 0.315. The minimum absolute atomic E-state index is 0.371. The van der Waals surface area contributed by atoms with Gasteiger partial charge in [0.05, 0.1) is 11.4 Å². The molecule has 2 aromatic carbocycles. The molecular formula is C15H14N4O. The van der Waals surface area contributed by atoms with E-state index in [2.05, 4.69) is 39.9 Å². The largest absolute Gasteiger partial charge is 0.397 e. The number of nitrogens with two attached hydrogens (primary N) is 1. The quantitative estimate of drug-likeness (QED) is 0.696. The Bertz CT molecular complexity index is 755. The average Bonchev–Trinajstić information content (AvgIpc) is 3.08. The van der Waals surface area contributed by atoms with E-state index >= 15 is 0 Å². The highest BCUT2D eigenvalue weighted by Crippen LogP contribution is 2.29. The molecule has 0 unspecified atom stereocenters. The van der Waals surface area contributed by atoms with Gasteiger partial charge >= 0.3 is 0 Å². The Kier molecular flexibility index (Phi) is 2.39. The van der Waals surface area contributed by atoms with Gasteiger partial charge in [-0.3, -0.25) is 0 Å². The Balaban J connectivity index is 1.64. The van der Waals surface area contributed by atoms with Crippen LogP contribution < -0.4 is 11.1 Å². The van der Waals surface area contributed by atoms with Crippen LogP contribution in [0.5, 0.6) is 0 Å². The van der Waals surface area contributed by atoms with Crippen molar-refractivity contribution in [3.63, 3.8) is 0 Å². The third kappa shape index (κ3) is 1.71. The van der Waals surface area contributed by atoms with Crippen molar-refractivity contribution >= 4 is 22.4 Å². The number of hydrogen-bond donors (Lipinski definition) is 2. The van der Waals surface area contributed by atoms with E-state index in [-0.39, 0.29) is 0 Å². The van der Waals surface area contributed by atoms with Crippen LogP contribution in [0.2, 0.25) is 0 Å². The second-order valence-electron chi connectivity index (χ2n) is 5.18. The molecular weight excluding hydrogens is 252 g/mol. The summed E-state index contributed by atoms with van der Waals surface area (Å²) < 4.78 is 4.79. The van der Waals surface area contributed by atoms with Crippen LogP contribution in [-0.2, 0) is 12.8 Å². The Hall–Kier alpha value is -2.56. The number of nitrogen functional groups attached to an aromatic ring is 1. The van der Waals surface area contributed by atoms with Crippen molar-refractivity contribution in [2.24, 2.45) is 0 Å². The standard InChI is InChI=1S/C15H14N4O/c16-12-5-6-13(15-14(12)18-20-19-15)17-11-7-9-3-1-2-4-10(9)8-11/h1-6,11,17H,7-8,16H2. The maximum atomic E-state index is 5.86. The Morgan fingerprint density at radius 3 is 2.45 bits per heavy atom. The highest BCUT2D eigenvalue weighted by atomic mass is 16.6. The van der Waals surface area contributed by atoms with Gasteiger partial charge in [-0.05, 0) is 46.4 Å². The SMILES string of the molecule is Nc1ccc(NC2Cc3ccccc3C2)c2nonc12. The summed E-state index contributed by atoms with van der Waals surface area (Å²) in [5.74, 6) is 0. The summed E-state index contributed by atoms with van der Waals surface area (Å²) in [6, 6.07) is 12.7. The molecule has 0 spiro atoms. The molecule has 0 atom stereocenters. The lowest BCUT2D eigenvalue weighted by Crippen LogP contribution is -2.19. The molecule has 0 bridgehead atoms. The molecule has 5 heteroatoms. The lowest BCUT2D eigenvalue weighted by Gasteiger charge is -2.13. The van der Waals surface area contributed by atoms with Crippen molar-refractivity contribution in [3.8, 4) is 0 Å². The van der Waals surface area contributed by atoms with Crippen molar-refractivity contribution in [2.75, 3.05) is 11.1 Å². The van der Waals surface area contributed by atoms with Crippen LogP contribution in [0, 0.1) is 0 Å². The maximum Gasteiger partial charge on any atom is 0.160 e.